The molecule has 5 amide bonds. The van der Waals surface area contributed by atoms with Crippen LogP contribution in [0.1, 0.15) is 25.3 Å². The molecule has 0 spiro atoms. The number of carboxylic acids is 1. The average Bonchev–Trinajstić information content (AvgIpc) is 2.72. The van der Waals surface area contributed by atoms with Crippen LogP contribution in [-0.4, -0.2) is 69.9 Å². The van der Waals surface area contributed by atoms with Crippen LogP contribution in [0.3, 0.4) is 0 Å². The summed E-state index contributed by atoms with van der Waals surface area (Å²) in [6, 6.07) is -0.0256. The van der Waals surface area contributed by atoms with Gasteiger partial charge in [0, 0.05) is 6.42 Å². The summed E-state index contributed by atoms with van der Waals surface area (Å²) in [5.74, 6) is -6.24. The molecule has 1 rings (SSSR count). The van der Waals surface area contributed by atoms with Crippen LogP contribution >= 0.6 is 0 Å². The third-order valence-corrected chi connectivity index (χ3v) is 4.48. The Morgan fingerprint density at radius 3 is 1.59 bits per heavy atom. The van der Waals surface area contributed by atoms with Crippen molar-refractivity contribution < 1.29 is 39.0 Å². The summed E-state index contributed by atoms with van der Waals surface area (Å²) >= 11 is 0. The van der Waals surface area contributed by atoms with Crippen molar-refractivity contribution in [3.63, 3.8) is 0 Å². The molecule has 0 radical (unpaired) electrons. The number of amides is 5. The Kier molecular flexibility index (Phi) is 10.4. The van der Waals surface area contributed by atoms with Gasteiger partial charge in [0.2, 0.25) is 29.5 Å². The van der Waals surface area contributed by atoms with Gasteiger partial charge in [0.25, 0.3) is 0 Å². The van der Waals surface area contributed by atoms with Crippen LogP contribution < -0.4 is 33.2 Å². The molecule has 0 aliphatic rings. The number of nitrogens with one attached hydrogen (secondary N) is 3. The first-order valence-electron chi connectivity index (χ1n) is 10.0. The normalized spacial score (nSPS) is 14.1. The van der Waals surface area contributed by atoms with Crippen molar-refractivity contribution in [3.05, 3.63) is 29.8 Å². The lowest BCUT2D eigenvalue weighted by atomic mass is 10.0. The van der Waals surface area contributed by atoms with Gasteiger partial charge in [-0.1, -0.05) is 12.1 Å². The third kappa shape index (κ3) is 9.52. The lowest BCUT2D eigenvalue weighted by Crippen LogP contribution is -2.58. The molecule has 0 heterocycles. The van der Waals surface area contributed by atoms with E-state index in [1.54, 1.807) is 0 Å². The number of phenols is 1. The van der Waals surface area contributed by atoms with Gasteiger partial charge in [0.15, 0.2) is 0 Å². The molecular formula is C20H28N6O8. The zero-order valence-corrected chi connectivity index (χ0v) is 18.3. The maximum absolute atomic E-state index is 12.7. The summed E-state index contributed by atoms with van der Waals surface area (Å²) in [7, 11) is 0. The van der Waals surface area contributed by atoms with Crippen molar-refractivity contribution in [2.24, 2.45) is 17.2 Å². The molecule has 4 atom stereocenters. The maximum Gasteiger partial charge on any atom is 0.326 e. The number of rotatable bonds is 13. The van der Waals surface area contributed by atoms with E-state index in [2.05, 4.69) is 16.0 Å². The smallest absolute Gasteiger partial charge is 0.326 e. The summed E-state index contributed by atoms with van der Waals surface area (Å²) in [6.07, 6.45) is -1.51. The molecule has 14 heteroatoms. The van der Waals surface area contributed by atoms with E-state index in [1.807, 2.05) is 0 Å². The van der Waals surface area contributed by atoms with Crippen LogP contribution in [0.25, 0.3) is 0 Å². The lowest BCUT2D eigenvalue weighted by Gasteiger charge is -2.24. The minimum Gasteiger partial charge on any atom is -0.508 e. The first-order chi connectivity index (χ1) is 15.8. The van der Waals surface area contributed by atoms with Crippen molar-refractivity contribution >= 4 is 35.5 Å². The fraction of sp³-hybridized carbons (Fsp3) is 0.400. The summed E-state index contributed by atoms with van der Waals surface area (Å²) in [5.41, 5.74) is 16.1. The van der Waals surface area contributed by atoms with E-state index < -0.39 is 72.5 Å². The quantitative estimate of drug-likeness (QED) is 0.139. The number of hydrogen-bond acceptors (Lipinski definition) is 8. The molecule has 4 unspecified atom stereocenters. The minimum absolute atomic E-state index is 0.0365. The van der Waals surface area contributed by atoms with E-state index in [-0.39, 0.29) is 12.2 Å². The Hall–Kier alpha value is -4.20. The molecule has 0 aliphatic heterocycles. The van der Waals surface area contributed by atoms with Gasteiger partial charge in [-0.3, -0.25) is 24.0 Å². The number of primary amides is 2. The van der Waals surface area contributed by atoms with E-state index in [9.17, 15) is 39.0 Å². The molecule has 34 heavy (non-hydrogen) atoms. The van der Waals surface area contributed by atoms with Gasteiger partial charge in [-0.25, -0.2) is 4.79 Å². The Bertz CT molecular complexity index is 933. The molecule has 11 N–H and O–H groups in total. The maximum atomic E-state index is 12.7. The highest BCUT2D eigenvalue weighted by Gasteiger charge is 2.31. The number of aromatic hydroxyl groups is 1. The largest absolute Gasteiger partial charge is 0.508 e. The van der Waals surface area contributed by atoms with E-state index in [1.165, 1.54) is 31.2 Å². The Morgan fingerprint density at radius 2 is 1.21 bits per heavy atom. The number of carbonyl (C=O) groups is 6. The summed E-state index contributed by atoms with van der Waals surface area (Å²) < 4.78 is 0. The number of aliphatic carboxylic acids is 1. The average molecular weight is 480 g/mol. The van der Waals surface area contributed by atoms with Crippen molar-refractivity contribution in [3.8, 4) is 5.75 Å². The van der Waals surface area contributed by atoms with Gasteiger partial charge in [0.05, 0.1) is 18.9 Å². The van der Waals surface area contributed by atoms with Gasteiger partial charge < -0.3 is 43.4 Å². The Labute approximate surface area is 194 Å². The lowest BCUT2D eigenvalue weighted by molar-refractivity contribution is -0.142. The first-order valence-corrected chi connectivity index (χ1v) is 10.0. The topological polar surface area (TPSA) is 257 Å². The van der Waals surface area contributed by atoms with Crippen LogP contribution in [-0.2, 0) is 35.2 Å². The Morgan fingerprint density at radius 1 is 0.794 bits per heavy atom. The SMILES string of the molecule is CC(N)C(=O)NC(CC(N)=O)C(=O)NC(CC(N)=O)C(=O)NC(Cc1ccc(O)cc1)C(=O)O. The summed E-state index contributed by atoms with van der Waals surface area (Å²) in [6.45, 7) is 1.33. The molecule has 0 aromatic heterocycles. The highest BCUT2D eigenvalue weighted by molar-refractivity contribution is 5.97. The number of phenolic OH excluding ortho intramolecular Hbond substituents is 1. The first kappa shape index (κ1) is 27.8. The van der Waals surface area contributed by atoms with E-state index in [0.29, 0.717) is 5.56 Å². The third-order valence-electron chi connectivity index (χ3n) is 4.48. The second-order valence-corrected chi connectivity index (χ2v) is 7.52. The molecule has 1 aromatic carbocycles. The van der Waals surface area contributed by atoms with Gasteiger partial charge >= 0.3 is 5.97 Å². The number of carbonyl (C=O) groups excluding carboxylic acids is 5. The van der Waals surface area contributed by atoms with Crippen molar-refractivity contribution in [2.45, 2.75) is 50.4 Å². The van der Waals surface area contributed by atoms with Gasteiger partial charge in [-0.2, -0.15) is 0 Å². The van der Waals surface area contributed by atoms with Crippen LogP contribution in [0.4, 0.5) is 0 Å². The molecule has 186 valence electrons. The standard InChI is InChI=1S/C20H28N6O8/c1-9(21)17(30)24-12(7-15(22)28)18(31)25-13(8-16(23)29)19(32)26-14(20(33)34)6-10-2-4-11(27)5-3-10/h2-5,9,12-14,27H,6-8,21H2,1H3,(H2,22,28)(H2,23,29)(H,24,30)(H,25,31)(H,26,32)(H,33,34). The molecule has 0 saturated heterocycles. The predicted molar refractivity (Wildman–Crippen MR) is 117 cm³/mol. The number of hydrogen-bond donors (Lipinski definition) is 8. The zero-order valence-electron chi connectivity index (χ0n) is 18.3. The molecule has 0 aliphatic carbocycles. The highest BCUT2D eigenvalue weighted by atomic mass is 16.4. The molecule has 0 fully saturated rings. The van der Waals surface area contributed by atoms with E-state index in [0.717, 1.165) is 0 Å². The highest BCUT2D eigenvalue weighted by Crippen LogP contribution is 2.12. The Balaban J connectivity index is 3.02. The number of nitrogens with two attached hydrogens (primary N) is 3. The van der Waals surface area contributed by atoms with Gasteiger partial charge in [-0.15, -0.1) is 0 Å². The molecule has 0 bridgehead atoms. The molecule has 1 aromatic rings. The predicted octanol–water partition coefficient (Wildman–Crippen LogP) is -3.43. The summed E-state index contributed by atoms with van der Waals surface area (Å²) in [5, 5.41) is 25.4. The van der Waals surface area contributed by atoms with Crippen LogP contribution in [0.5, 0.6) is 5.75 Å². The van der Waals surface area contributed by atoms with E-state index >= 15 is 0 Å². The summed E-state index contributed by atoms with van der Waals surface area (Å²) in [4.78, 5) is 71.6. The molecule has 14 nitrogen and oxygen atoms in total. The van der Waals surface area contributed by atoms with Gasteiger partial charge in [-0.05, 0) is 24.6 Å². The minimum atomic E-state index is -1.62. The van der Waals surface area contributed by atoms with Crippen LogP contribution in [0.15, 0.2) is 24.3 Å². The van der Waals surface area contributed by atoms with Gasteiger partial charge in [0.1, 0.15) is 23.9 Å². The zero-order chi connectivity index (χ0) is 26.0. The monoisotopic (exact) mass is 480 g/mol. The van der Waals surface area contributed by atoms with Crippen molar-refractivity contribution in [1.82, 2.24) is 16.0 Å². The second-order valence-electron chi connectivity index (χ2n) is 7.52. The van der Waals surface area contributed by atoms with Crippen LogP contribution in [0.2, 0.25) is 0 Å². The fourth-order valence-corrected chi connectivity index (χ4v) is 2.74. The van der Waals surface area contributed by atoms with Crippen molar-refractivity contribution in [1.29, 1.82) is 0 Å². The molecular weight excluding hydrogens is 452 g/mol. The number of carboxylic acid groups (broad SMARTS) is 1. The number of benzene rings is 1. The van der Waals surface area contributed by atoms with Crippen molar-refractivity contribution in [2.75, 3.05) is 0 Å². The molecule has 0 saturated carbocycles. The van der Waals surface area contributed by atoms with E-state index in [4.69, 9.17) is 17.2 Å². The fourth-order valence-electron chi connectivity index (χ4n) is 2.74. The second kappa shape index (κ2) is 12.7. The van der Waals surface area contributed by atoms with Crippen LogP contribution in [0, 0.1) is 0 Å².